The molecular formula is C46H60O6. The maximum absolute atomic E-state index is 14.1. The first kappa shape index (κ1) is 42.4. The monoisotopic (exact) mass is 708 g/mol. The van der Waals surface area contributed by atoms with Crippen LogP contribution in [0.1, 0.15) is 173 Å². The zero-order valence-electron chi connectivity index (χ0n) is 33.7. The van der Waals surface area contributed by atoms with Gasteiger partial charge in [0.2, 0.25) is 0 Å². The molecular weight excluding hydrogens is 649 g/mol. The SMILES string of the molecule is C[C@H](CCC(C)(C)C(O)c1cccc(C(=O)C(C)(C)CC(C)(C)C(=O)c2ccccc2C(=O)C(C)(C)C)c1)C(=O)c1ccc(C(=O)C(C)(C)C)cc1. The number of aliphatic hydroxyl groups is 1. The summed E-state index contributed by atoms with van der Waals surface area (Å²) in [5, 5.41) is 11.6. The lowest BCUT2D eigenvalue weighted by atomic mass is 9.67. The summed E-state index contributed by atoms with van der Waals surface area (Å²) in [7, 11) is 0. The standard InChI is InChI=1S/C46H60O6/c1-29(36(47)30-21-23-31(24-22-30)37(48)42(2,3)4)25-26-44(8,9)38(49)32-17-16-18-33(27-32)39(50)45(10,11)28-46(12,13)41(52)35-20-15-14-19-34(35)40(51)43(5,6)7/h14-24,27,29,38,49H,25-26,28H2,1-13H3/t29-,38?/m1/s1. The molecule has 0 aliphatic carbocycles. The number of hydrogen-bond acceptors (Lipinski definition) is 6. The van der Waals surface area contributed by atoms with Crippen LogP contribution in [0.5, 0.6) is 0 Å². The molecule has 0 aliphatic rings. The fourth-order valence-electron chi connectivity index (χ4n) is 6.96. The van der Waals surface area contributed by atoms with E-state index in [2.05, 4.69) is 0 Å². The van der Waals surface area contributed by atoms with Crippen LogP contribution in [0, 0.1) is 33.0 Å². The highest BCUT2D eigenvalue weighted by Crippen LogP contribution is 2.42. The van der Waals surface area contributed by atoms with E-state index in [1.807, 2.05) is 96.1 Å². The highest BCUT2D eigenvalue weighted by Gasteiger charge is 2.41. The minimum Gasteiger partial charge on any atom is -0.388 e. The Hall–Kier alpha value is -4.03. The molecule has 0 aromatic heterocycles. The van der Waals surface area contributed by atoms with E-state index in [1.54, 1.807) is 66.7 Å². The van der Waals surface area contributed by atoms with Crippen molar-refractivity contribution in [1.82, 2.24) is 0 Å². The molecule has 0 saturated carbocycles. The summed E-state index contributed by atoms with van der Waals surface area (Å²) < 4.78 is 0. The van der Waals surface area contributed by atoms with E-state index in [4.69, 9.17) is 0 Å². The first-order valence-corrected chi connectivity index (χ1v) is 18.4. The molecule has 0 fully saturated rings. The fraction of sp³-hybridized carbons (Fsp3) is 0.500. The van der Waals surface area contributed by atoms with Crippen LogP contribution in [0.3, 0.4) is 0 Å². The molecule has 3 rings (SSSR count). The second-order valence-corrected chi connectivity index (χ2v) is 18.7. The number of ketones is 5. The third-order valence-electron chi connectivity index (χ3n) is 10.2. The molecule has 0 saturated heterocycles. The van der Waals surface area contributed by atoms with Gasteiger partial charge in [-0.1, -0.05) is 157 Å². The van der Waals surface area contributed by atoms with E-state index in [0.717, 1.165) is 0 Å². The van der Waals surface area contributed by atoms with E-state index in [1.165, 1.54) is 0 Å². The lowest BCUT2D eigenvalue weighted by molar-refractivity contribution is 0.0382. The van der Waals surface area contributed by atoms with E-state index in [9.17, 15) is 29.1 Å². The number of rotatable bonds is 15. The Morgan fingerprint density at radius 3 is 1.56 bits per heavy atom. The zero-order chi connectivity index (χ0) is 39.6. The Balaban J connectivity index is 1.73. The van der Waals surface area contributed by atoms with Gasteiger partial charge in [0.25, 0.3) is 0 Å². The molecule has 52 heavy (non-hydrogen) atoms. The lowest BCUT2D eigenvalue weighted by Crippen LogP contribution is -2.36. The molecule has 0 amide bonds. The van der Waals surface area contributed by atoms with Crippen molar-refractivity contribution < 1.29 is 29.1 Å². The number of carbonyl (C=O) groups excluding carboxylic acids is 5. The van der Waals surface area contributed by atoms with E-state index < -0.39 is 33.2 Å². The van der Waals surface area contributed by atoms with Gasteiger partial charge in [0, 0.05) is 55.4 Å². The van der Waals surface area contributed by atoms with Crippen molar-refractivity contribution in [1.29, 1.82) is 0 Å². The van der Waals surface area contributed by atoms with Crippen LogP contribution in [0.4, 0.5) is 0 Å². The predicted molar refractivity (Wildman–Crippen MR) is 209 cm³/mol. The topological polar surface area (TPSA) is 106 Å². The molecule has 2 atom stereocenters. The highest BCUT2D eigenvalue weighted by atomic mass is 16.3. The van der Waals surface area contributed by atoms with Crippen LogP contribution in [0.25, 0.3) is 0 Å². The van der Waals surface area contributed by atoms with Gasteiger partial charge in [-0.2, -0.15) is 0 Å². The summed E-state index contributed by atoms with van der Waals surface area (Å²) in [6.07, 6.45) is 0.449. The van der Waals surface area contributed by atoms with Crippen LogP contribution < -0.4 is 0 Å². The number of hydrogen-bond donors (Lipinski definition) is 1. The zero-order valence-corrected chi connectivity index (χ0v) is 33.7. The van der Waals surface area contributed by atoms with Gasteiger partial charge in [-0.05, 0) is 36.3 Å². The van der Waals surface area contributed by atoms with Crippen molar-refractivity contribution in [2.45, 2.75) is 115 Å². The quantitative estimate of drug-likeness (QED) is 0.158. The average Bonchev–Trinajstić information content (AvgIpc) is 3.07. The van der Waals surface area contributed by atoms with Gasteiger partial charge in [0.05, 0.1) is 6.10 Å². The summed E-state index contributed by atoms with van der Waals surface area (Å²) in [6.45, 7) is 24.2. The highest BCUT2D eigenvalue weighted by molar-refractivity contribution is 6.12. The molecule has 1 unspecified atom stereocenters. The van der Waals surface area contributed by atoms with Crippen molar-refractivity contribution >= 4 is 28.9 Å². The van der Waals surface area contributed by atoms with Crippen molar-refractivity contribution in [2.24, 2.45) is 33.0 Å². The average molecular weight is 709 g/mol. The van der Waals surface area contributed by atoms with Crippen molar-refractivity contribution in [3.05, 3.63) is 106 Å². The van der Waals surface area contributed by atoms with Gasteiger partial charge < -0.3 is 5.11 Å². The van der Waals surface area contributed by atoms with E-state index >= 15 is 0 Å². The summed E-state index contributed by atoms with van der Waals surface area (Å²) in [4.78, 5) is 67.2. The lowest BCUT2D eigenvalue weighted by Gasteiger charge is -2.34. The predicted octanol–water partition coefficient (Wildman–Crippen LogP) is 11.0. The molecule has 0 aliphatic heterocycles. The second kappa shape index (κ2) is 15.5. The maximum Gasteiger partial charge on any atom is 0.169 e. The van der Waals surface area contributed by atoms with E-state index in [-0.39, 0.29) is 41.3 Å². The molecule has 1 N–H and O–H groups in total. The molecule has 6 heteroatoms. The fourth-order valence-corrected chi connectivity index (χ4v) is 6.96. The van der Waals surface area contributed by atoms with Gasteiger partial charge in [-0.3, -0.25) is 24.0 Å². The number of benzene rings is 3. The Morgan fingerprint density at radius 2 is 1.04 bits per heavy atom. The first-order chi connectivity index (χ1) is 23.7. The van der Waals surface area contributed by atoms with Gasteiger partial charge in [0.1, 0.15) is 0 Å². The Kier molecular flexibility index (Phi) is 12.7. The van der Waals surface area contributed by atoms with Gasteiger partial charge >= 0.3 is 0 Å². The normalized spacial score (nSPS) is 14.0. The molecule has 3 aromatic rings. The Bertz CT molecular complexity index is 1810. The molecule has 3 aromatic carbocycles. The van der Waals surface area contributed by atoms with Crippen LogP contribution in [-0.4, -0.2) is 34.0 Å². The Morgan fingerprint density at radius 1 is 0.558 bits per heavy atom. The first-order valence-electron chi connectivity index (χ1n) is 18.4. The van der Waals surface area contributed by atoms with Crippen LogP contribution in [0.2, 0.25) is 0 Å². The van der Waals surface area contributed by atoms with Gasteiger partial charge in [-0.25, -0.2) is 0 Å². The molecule has 0 radical (unpaired) electrons. The minimum absolute atomic E-state index is 0.0134. The van der Waals surface area contributed by atoms with Gasteiger partial charge in [-0.15, -0.1) is 0 Å². The third kappa shape index (κ3) is 9.89. The van der Waals surface area contributed by atoms with Crippen LogP contribution in [0.15, 0.2) is 72.8 Å². The number of Topliss-reactive ketones (excluding diaryl/α,β-unsaturated/α-hetero) is 5. The molecule has 280 valence electrons. The van der Waals surface area contributed by atoms with E-state index in [0.29, 0.717) is 46.2 Å². The summed E-state index contributed by atoms with van der Waals surface area (Å²) in [5.41, 5.74) is -0.715. The Labute approximate surface area is 311 Å². The van der Waals surface area contributed by atoms with Crippen LogP contribution >= 0.6 is 0 Å². The molecule has 6 nitrogen and oxygen atoms in total. The molecule has 0 bridgehead atoms. The molecule has 0 spiro atoms. The second-order valence-electron chi connectivity index (χ2n) is 18.7. The smallest absolute Gasteiger partial charge is 0.169 e. The maximum atomic E-state index is 14.1. The van der Waals surface area contributed by atoms with Crippen LogP contribution in [-0.2, 0) is 0 Å². The van der Waals surface area contributed by atoms with Crippen molar-refractivity contribution in [3.8, 4) is 0 Å². The van der Waals surface area contributed by atoms with Gasteiger partial charge in [0.15, 0.2) is 28.9 Å². The van der Waals surface area contributed by atoms with Crippen molar-refractivity contribution in [3.63, 3.8) is 0 Å². The minimum atomic E-state index is -0.952. The number of aliphatic hydroxyl groups excluding tert-OH is 1. The number of carbonyl (C=O) groups is 5. The van der Waals surface area contributed by atoms with Crippen molar-refractivity contribution in [2.75, 3.05) is 0 Å². The summed E-state index contributed by atoms with van der Waals surface area (Å²) >= 11 is 0. The largest absolute Gasteiger partial charge is 0.388 e. The summed E-state index contributed by atoms with van der Waals surface area (Å²) in [6, 6.07) is 20.8. The third-order valence-corrected chi connectivity index (χ3v) is 10.2. The molecule has 0 heterocycles. The summed E-state index contributed by atoms with van der Waals surface area (Å²) in [5.74, 6) is -0.728.